The van der Waals surface area contributed by atoms with E-state index in [2.05, 4.69) is 5.32 Å². The van der Waals surface area contributed by atoms with E-state index in [1.807, 2.05) is 0 Å². The Morgan fingerprint density at radius 2 is 1.33 bits per heavy atom. The number of unbranched alkanes of at least 4 members (excludes halogenated alkanes) is 1. The molecule has 0 aliphatic rings. The summed E-state index contributed by atoms with van der Waals surface area (Å²) in [5.74, 6) is 0. The van der Waals surface area contributed by atoms with Gasteiger partial charge in [-0.3, -0.25) is 0 Å². The molecule has 0 unspecified atom stereocenters. The number of hydrogen-bond donors (Lipinski definition) is 3. The second-order valence-corrected chi connectivity index (χ2v) is 2.39. The van der Waals surface area contributed by atoms with E-state index >= 15 is 0 Å². The van der Waals surface area contributed by atoms with E-state index < -0.39 is 0 Å². The van der Waals surface area contributed by atoms with Gasteiger partial charge >= 0.3 is 37.7 Å². The Hall–Kier alpha value is 1.43. The molecule has 5 heteroatoms. The Bertz CT molecular complexity index is 58.6. The fraction of sp³-hybridized carbons (Fsp3) is 1.00. The van der Waals surface area contributed by atoms with Crippen molar-refractivity contribution in [3.63, 3.8) is 0 Å². The van der Waals surface area contributed by atoms with Crippen molar-refractivity contribution >= 4 is 50.1 Å². The van der Waals surface area contributed by atoms with Crippen LogP contribution in [0.1, 0.15) is 19.3 Å². The first-order valence-electron chi connectivity index (χ1n) is 4.02. The van der Waals surface area contributed by atoms with E-state index in [1.54, 1.807) is 0 Å². The Kier molecular flexibility index (Phi) is 29.0. The summed E-state index contributed by atoms with van der Waals surface area (Å²) in [7, 11) is 0. The number of nitrogens with one attached hydrogen (secondary N) is 1. The van der Waals surface area contributed by atoms with Crippen LogP contribution in [0.4, 0.5) is 0 Å². The number of hydrogen-bond acceptors (Lipinski definition) is 3. The van der Waals surface area contributed by atoms with Crippen LogP contribution >= 0.6 is 12.4 Å². The van der Waals surface area contributed by atoms with Gasteiger partial charge in [-0.05, 0) is 45.4 Å². The van der Waals surface area contributed by atoms with Crippen LogP contribution in [0.15, 0.2) is 0 Å². The molecule has 0 aromatic heterocycles. The molecule has 5 N–H and O–H groups in total. The van der Waals surface area contributed by atoms with E-state index in [0.717, 1.165) is 39.0 Å². The van der Waals surface area contributed by atoms with Gasteiger partial charge in [0, 0.05) is 0 Å². The molecule has 0 aromatic rings. The van der Waals surface area contributed by atoms with Crippen molar-refractivity contribution in [2.75, 3.05) is 26.2 Å². The summed E-state index contributed by atoms with van der Waals surface area (Å²) in [5.41, 5.74) is 10.6. The van der Waals surface area contributed by atoms with Gasteiger partial charge in [-0.1, -0.05) is 0 Å². The summed E-state index contributed by atoms with van der Waals surface area (Å²) in [4.78, 5) is 0. The van der Waals surface area contributed by atoms with Gasteiger partial charge in [-0.2, -0.15) is 0 Å². The van der Waals surface area contributed by atoms with E-state index in [9.17, 15) is 0 Å². The fourth-order valence-corrected chi connectivity index (χ4v) is 0.746. The Morgan fingerprint density at radius 3 is 1.83 bits per heavy atom. The molecule has 0 amide bonds. The predicted octanol–water partition coefficient (Wildman–Crippen LogP) is -0.831. The van der Waals surface area contributed by atoms with Crippen molar-refractivity contribution in [3.8, 4) is 0 Å². The second-order valence-electron chi connectivity index (χ2n) is 2.39. The summed E-state index contributed by atoms with van der Waals surface area (Å²) in [6, 6.07) is 0. The Morgan fingerprint density at radius 1 is 0.833 bits per heavy atom. The minimum atomic E-state index is 0. The van der Waals surface area contributed by atoms with Gasteiger partial charge in [-0.25, -0.2) is 0 Å². The van der Waals surface area contributed by atoms with Crippen LogP contribution in [-0.4, -0.2) is 63.9 Å². The van der Waals surface area contributed by atoms with Gasteiger partial charge in [0.05, 0.1) is 0 Å². The maximum atomic E-state index is 5.32. The molecule has 0 aliphatic heterocycles. The average molecular weight is 224 g/mol. The molecule has 0 saturated carbocycles. The summed E-state index contributed by atoms with van der Waals surface area (Å²) in [5, 5.41) is 3.29. The summed E-state index contributed by atoms with van der Waals surface area (Å²) in [6.45, 7) is 3.71. The number of rotatable bonds is 7. The van der Waals surface area contributed by atoms with E-state index in [-0.39, 0.29) is 50.1 Å². The van der Waals surface area contributed by atoms with Crippen molar-refractivity contribution < 1.29 is 0 Å². The van der Waals surface area contributed by atoms with Crippen LogP contribution in [-0.2, 0) is 0 Å². The molecular formula is C7H22CaClN3. The Labute approximate surface area is 111 Å². The standard InChI is InChI=1S/C7H19N3.Ca.ClH.2H/c8-4-1-2-6-10-7-3-5-9;;;;/h10H,1-9H2;;1H;;. The first kappa shape index (κ1) is 19.1. The van der Waals surface area contributed by atoms with Gasteiger partial charge < -0.3 is 16.8 Å². The number of nitrogens with two attached hydrogens (primary N) is 2. The SMILES string of the molecule is Cl.NCCCCNCCCN.[CaH2]. The van der Waals surface area contributed by atoms with Crippen molar-refractivity contribution in [1.29, 1.82) is 0 Å². The fourth-order valence-electron chi connectivity index (χ4n) is 0.746. The third kappa shape index (κ3) is 17.5. The molecule has 0 radical (unpaired) electrons. The van der Waals surface area contributed by atoms with Crippen molar-refractivity contribution in [2.45, 2.75) is 19.3 Å². The van der Waals surface area contributed by atoms with Crippen molar-refractivity contribution in [3.05, 3.63) is 0 Å². The average Bonchev–Trinajstić information content (AvgIpc) is 1.97. The molecule has 0 atom stereocenters. The molecule has 0 aromatic carbocycles. The first-order chi connectivity index (χ1) is 4.91. The number of halogens is 1. The monoisotopic (exact) mass is 223 g/mol. The molecule has 74 valence electrons. The van der Waals surface area contributed by atoms with Gasteiger partial charge in [0.25, 0.3) is 0 Å². The van der Waals surface area contributed by atoms with Gasteiger partial charge in [0.1, 0.15) is 0 Å². The summed E-state index contributed by atoms with van der Waals surface area (Å²) < 4.78 is 0. The maximum absolute atomic E-state index is 5.32. The van der Waals surface area contributed by atoms with Crippen molar-refractivity contribution in [1.82, 2.24) is 5.32 Å². The van der Waals surface area contributed by atoms with Crippen LogP contribution in [0.5, 0.6) is 0 Å². The molecule has 0 bridgehead atoms. The molecule has 0 heterocycles. The molecule has 0 rings (SSSR count). The summed E-state index contributed by atoms with van der Waals surface area (Å²) in [6.07, 6.45) is 3.37. The van der Waals surface area contributed by atoms with Crippen molar-refractivity contribution in [2.24, 2.45) is 11.5 Å². The second kappa shape index (κ2) is 18.3. The predicted molar refractivity (Wildman–Crippen MR) is 60.6 cm³/mol. The molecule has 12 heavy (non-hydrogen) atoms. The van der Waals surface area contributed by atoms with Crippen LogP contribution in [0.3, 0.4) is 0 Å². The summed E-state index contributed by atoms with van der Waals surface area (Å²) >= 11 is 0. The van der Waals surface area contributed by atoms with Gasteiger partial charge in [0.2, 0.25) is 0 Å². The normalized spacial score (nSPS) is 8.50. The zero-order chi connectivity index (χ0) is 7.66. The minimum absolute atomic E-state index is 0. The molecule has 0 spiro atoms. The van der Waals surface area contributed by atoms with Crippen LogP contribution in [0.25, 0.3) is 0 Å². The Balaban J connectivity index is -0.000000405. The van der Waals surface area contributed by atoms with Gasteiger partial charge in [-0.15, -0.1) is 12.4 Å². The zero-order valence-electron chi connectivity index (χ0n) is 7.01. The molecule has 3 nitrogen and oxygen atoms in total. The van der Waals surface area contributed by atoms with E-state index in [4.69, 9.17) is 11.5 Å². The van der Waals surface area contributed by atoms with Gasteiger partial charge in [0.15, 0.2) is 0 Å². The quantitative estimate of drug-likeness (QED) is 0.390. The topological polar surface area (TPSA) is 64.1 Å². The zero-order valence-corrected chi connectivity index (χ0v) is 7.83. The van der Waals surface area contributed by atoms with E-state index in [0.29, 0.717) is 0 Å². The molecule has 0 aliphatic carbocycles. The first-order valence-corrected chi connectivity index (χ1v) is 4.02. The van der Waals surface area contributed by atoms with Crippen LogP contribution in [0, 0.1) is 0 Å². The van der Waals surface area contributed by atoms with Crippen LogP contribution < -0.4 is 16.8 Å². The third-order valence-electron chi connectivity index (χ3n) is 1.37. The van der Waals surface area contributed by atoms with Crippen LogP contribution in [0.2, 0.25) is 0 Å². The molecule has 0 fully saturated rings. The third-order valence-corrected chi connectivity index (χ3v) is 1.37. The molecular weight excluding hydrogens is 202 g/mol. The van der Waals surface area contributed by atoms with E-state index in [1.165, 1.54) is 6.42 Å². The molecule has 0 saturated heterocycles.